The van der Waals surface area contributed by atoms with Crippen molar-refractivity contribution in [2.75, 3.05) is 6.54 Å². The van der Waals surface area contributed by atoms with Crippen LogP contribution in [0.1, 0.15) is 12.8 Å². The summed E-state index contributed by atoms with van der Waals surface area (Å²) in [7, 11) is -3.58. The topological polar surface area (TPSA) is 66.4 Å². The van der Waals surface area contributed by atoms with Gasteiger partial charge in [0.2, 0.25) is 10.0 Å². The van der Waals surface area contributed by atoms with Crippen LogP contribution in [0.4, 0.5) is 0 Å². The smallest absolute Gasteiger partial charge is 0.240 e. The van der Waals surface area contributed by atoms with Gasteiger partial charge >= 0.3 is 0 Å². The molecule has 1 aliphatic carbocycles. The Morgan fingerprint density at radius 3 is 2.76 bits per heavy atom. The van der Waals surface area contributed by atoms with Crippen LogP contribution in [-0.2, 0) is 10.0 Å². The van der Waals surface area contributed by atoms with Crippen LogP contribution in [0.2, 0.25) is 5.02 Å². The molecule has 0 amide bonds. The Kier molecular flexibility index (Phi) is 3.73. The van der Waals surface area contributed by atoms with Crippen LogP contribution >= 0.6 is 11.6 Å². The number of nitrogens with one attached hydrogen (secondary N) is 1. The van der Waals surface area contributed by atoms with Gasteiger partial charge in [-0.1, -0.05) is 17.7 Å². The predicted molar refractivity (Wildman–Crippen MR) is 65.4 cm³/mol. The van der Waals surface area contributed by atoms with Gasteiger partial charge in [0.05, 0.1) is 11.0 Å². The van der Waals surface area contributed by atoms with Crippen molar-refractivity contribution in [1.29, 1.82) is 0 Å². The molecule has 1 unspecified atom stereocenters. The Morgan fingerprint density at radius 1 is 1.47 bits per heavy atom. The van der Waals surface area contributed by atoms with Crippen LogP contribution in [0.5, 0.6) is 0 Å². The Balaban J connectivity index is 2.03. The first-order valence-corrected chi connectivity index (χ1v) is 7.28. The Hall–Kier alpha value is -0.620. The molecule has 1 aromatic carbocycles. The Labute approximate surface area is 106 Å². The SMILES string of the molecule is O=S(=O)(NCC(O)C1CC1)c1cccc(Cl)c1. The van der Waals surface area contributed by atoms with Crippen molar-refractivity contribution in [3.05, 3.63) is 29.3 Å². The molecule has 94 valence electrons. The fourth-order valence-corrected chi connectivity index (χ4v) is 2.91. The van der Waals surface area contributed by atoms with Gasteiger partial charge in [0.15, 0.2) is 0 Å². The summed E-state index contributed by atoms with van der Waals surface area (Å²) >= 11 is 5.73. The van der Waals surface area contributed by atoms with Crippen molar-refractivity contribution in [1.82, 2.24) is 4.72 Å². The summed E-state index contributed by atoms with van der Waals surface area (Å²) in [5.74, 6) is 0.247. The van der Waals surface area contributed by atoms with Crippen molar-refractivity contribution < 1.29 is 13.5 Å². The molecule has 0 heterocycles. The van der Waals surface area contributed by atoms with Crippen LogP contribution < -0.4 is 4.72 Å². The number of hydrogen-bond acceptors (Lipinski definition) is 3. The van der Waals surface area contributed by atoms with Gasteiger partial charge in [0, 0.05) is 11.6 Å². The summed E-state index contributed by atoms with van der Waals surface area (Å²) in [6, 6.07) is 6.04. The molecular weight excluding hydrogens is 262 g/mol. The number of halogens is 1. The maximum atomic E-state index is 11.9. The predicted octanol–water partition coefficient (Wildman–Crippen LogP) is 1.39. The summed E-state index contributed by atoms with van der Waals surface area (Å²) in [4.78, 5) is 0.119. The molecule has 0 saturated heterocycles. The molecule has 2 N–H and O–H groups in total. The van der Waals surface area contributed by atoms with Crippen molar-refractivity contribution in [2.45, 2.75) is 23.8 Å². The van der Waals surface area contributed by atoms with Crippen LogP contribution in [0, 0.1) is 5.92 Å². The molecule has 1 aliphatic rings. The van der Waals surface area contributed by atoms with Crippen molar-refractivity contribution in [2.24, 2.45) is 5.92 Å². The van der Waals surface area contributed by atoms with Gasteiger partial charge < -0.3 is 5.11 Å². The monoisotopic (exact) mass is 275 g/mol. The summed E-state index contributed by atoms with van der Waals surface area (Å²) < 4.78 is 26.1. The lowest BCUT2D eigenvalue weighted by Gasteiger charge is -2.11. The summed E-state index contributed by atoms with van der Waals surface area (Å²) in [6.07, 6.45) is 1.35. The van der Waals surface area contributed by atoms with Gasteiger partial charge in [-0.3, -0.25) is 0 Å². The highest BCUT2D eigenvalue weighted by Crippen LogP contribution is 2.32. The zero-order valence-corrected chi connectivity index (χ0v) is 10.7. The van der Waals surface area contributed by atoms with Crippen LogP contribution in [0.15, 0.2) is 29.2 Å². The van der Waals surface area contributed by atoms with E-state index >= 15 is 0 Å². The minimum atomic E-state index is -3.58. The second kappa shape index (κ2) is 4.94. The lowest BCUT2D eigenvalue weighted by Crippen LogP contribution is -2.33. The number of benzene rings is 1. The standard InChI is InChI=1S/C11H14ClNO3S/c12-9-2-1-3-10(6-9)17(15,16)13-7-11(14)8-4-5-8/h1-3,6,8,11,13-14H,4-5,7H2. The molecule has 17 heavy (non-hydrogen) atoms. The van der Waals surface area contributed by atoms with E-state index in [4.69, 9.17) is 11.6 Å². The van der Waals surface area contributed by atoms with E-state index in [9.17, 15) is 13.5 Å². The van der Waals surface area contributed by atoms with E-state index in [1.807, 2.05) is 0 Å². The van der Waals surface area contributed by atoms with Crippen molar-refractivity contribution >= 4 is 21.6 Å². The van der Waals surface area contributed by atoms with Crippen LogP contribution in [0.3, 0.4) is 0 Å². The van der Waals surface area contributed by atoms with Crippen LogP contribution in [0.25, 0.3) is 0 Å². The third-order valence-electron chi connectivity index (χ3n) is 2.76. The summed E-state index contributed by atoms with van der Waals surface area (Å²) in [5.41, 5.74) is 0. The van der Waals surface area contributed by atoms with E-state index in [2.05, 4.69) is 4.72 Å². The van der Waals surface area contributed by atoms with Crippen molar-refractivity contribution in [3.63, 3.8) is 0 Å². The van der Waals surface area contributed by atoms with Gasteiger partial charge in [-0.2, -0.15) is 0 Å². The van der Waals surface area contributed by atoms with E-state index in [1.165, 1.54) is 12.1 Å². The Bertz CT molecular complexity index is 499. The van der Waals surface area contributed by atoms with Crippen molar-refractivity contribution in [3.8, 4) is 0 Å². The molecule has 6 heteroatoms. The minimum Gasteiger partial charge on any atom is -0.391 e. The number of aliphatic hydroxyl groups is 1. The molecule has 0 bridgehead atoms. The minimum absolute atomic E-state index is 0.0551. The molecule has 2 rings (SSSR count). The fourth-order valence-electron chi connectivity index (χ4n) is 1.56. The molecule has 1 atom stereocenters. The largest absolute Gasteiger partial charge is 0.391 e. The molecule has 1 saturated carbocycles. The number of sulfonamides is 1. The molecule has 4 nitrogen and oxygen atoms in total. The van der Waals surface area contributed by atoms with E-state index in [0.29, 0.717) is 5.02 Å². The van der Waals surface area contributed by atoms with Gasteiger partial charge in [-0.05, 0) is 37.0 Å². The third kappa shape index (κ3) is 3.42. The highest BCUT2D eigenvalue weighted by molar-refractivity contribution is 7.89. The van der Waals surface area contributed by atoms with E-state index in [1.54, 1.807) is 12.1 Å². The van der Waals surface area contributed by atoms with E-state index < -0.39 is 16.1 Å². The molecule has 0 aliphatic heterocycles. The fraction of sp³-hybridized carbons (Fsp3) is 0.455. The first kappa shape index (κ1) is 12.8. The molecular formula is C11H14ClNO3S. The number of rotatable bonds is 5. The van der Waals surface area contributed by atoms with Crippen LogP contribution in [-0.4, -0.2) is 26.2 Å². The van der Waals surface area contributed by atoms with Gasteiger partial charge in [0.1, 0.15) is 0 Å². The van der Waals surface area contributed by atoms with E-state index in [-0.39, 0.29) is 17.4 Å². The lowest BCUT2D eigenvalue weighted by molar-refractivity contribution is 0.155. The second-order valence-corrected chi connectivity index (χ2v) is 6.42. The third-order valence-corrected chi connectivity index (χ3v) is 4.41. The molecule has 1 fully saturated rings. The maximum Gasteiger partial charge on any atom is 0.240 e. The van der Waals surface area contributed by atoms with E-state index in [0.717, 1.165) is 12.8 Å². The lowest BCUT2D eigenvalue weighted by atomic mass is 10.2. The zero-order valence-electron chi connectivity index (χ0n) is 9.14. The average Bonchev–Trinajstić information content (AvgIpc) is 3.10. The first-order chi connectivity index (χ1) is 7.99. The maximum absolute atomic E-state index is 11.9. The quantitative estimate of drug-likeness (QED) is 0.853. The molecule has 1 aromatic rings. The highest BCUT2D eigenvalue weighted by atomic mass is 35.5. The summed E-state index contributed by atoms with van der Waals surface area (Å²) in [5, 5.41) is 9.97. The summed E-state index contributed by atoms with van der Waals surface area (Å²) in [6.45, 7) is 0.0551. The molecule has 0 radical (unpaired) electrons. The number of aliphatic hydroxyl groups excluding tert-OH is 1. The highest BCUT2D eigenvalue weighted by Gasteiger charge is 2.30. The first-order valence-electron chi connectivity index (χ1n) is 5.42. The average molecular weight is 276 g/mol. The zero-order chi connectivity index (χ0) is 12.5. The van der Waals surface area contributed by atoms with Gasteiger partial charge in [-0.25, -0.2) is 13.1 Å². The Morgan fingerprint density at radius 2 is 2.18 bits per heavy atom. The van der Waals surface area contributed by atoms with Gasteiger partial charge in [0.25, 0.3) is 0 Å². The number of hydrogen-bond donors (Lipinski definition) is 2. The second-order valence-electron chi connectivity index (χ2n) is 4.21. The normalized spacial score (nSPS) is 18.0. The van der Waals surface area contributed by atoms with Gasteiger partial charge in [-0.15, -0.1) is 0 Å². The molecule has 0 spiro atoms. The molecule has 0 aromatic heterocycles.